The van der Waals surface area contributed by atoms with Gasteiger partial charge in [-0.2, -0.15) is 0 Å². The van der Waals surface area contributed by atoms with Crippen molar-refractivity contribution in [2.75, 3.05) is 27.9 Å². The zero-order chi connectivity index (χ0) is 13.7. The van der Waals surface area contributed by atoms with Crippen LogP contribution in [-0.4, -0.2) is 69.7 Å². The normalized spacial score (nSPS) is 33.4. The molecule has 0 aliphatic carbocycles. The monoisotopic (exact) mass is 264 g/mol. The fourth-order valence-corrected chi connectivity index (χ4v) is 2.06. The molecule has 0 saturated carbocycles. The summed E-state index contributed by atoms with van der Waals surface area (Å²) in [5.41, 5.74) is 0. The number of hydrogen-bond donors (Lipinski definition) is 1. The van der Waals surface area contributed by atoms with Crippen molar-refractivity contribution in [2.45, 2.75) is 37.6 Å². The van der Waals surface area contributed by atoms with E-state index in [1.165, 1.54) is 28.3 Å². The highest BCUT2D eigenvalue weighted by Crippen LogP contribution is 2.28. The zero-order valence-electron chi connectivity index (χ0n) is 11.0. The molecule has 0 aromatic carbocycles. The summed E-state index contributed by atoms with van der Waals surface area (Å²) in [6.07, 6.45) is -3.59. The second kappa shape index (κ2) is 7.01. The summed E-state index contributed by atoms with van der Waals surface area (Å²) >= 11 is 0. The van der Waals surface area contributed by atoms with Gasteiger partial charge in [0.2, 0.25) is 0 Å². The molecule has 0 spiro atoms. The topological polar surface area (TPSA) is 83.5 Å². The van der Waals surface area contributed by atoms with Crippen LogP contribution in [0.1, 0.15) is 6.92 Å². The number of methoxy groups -OCH3 is 3. The molecule has 5 atom stereocenters. The highest BCUT2D eigenvalue weighted by atomic mass is 16.7. The van der Waals surface area contributed by atoms with E-state index in [1.807, 2.05) is 0 Å². The Hall–Kier alpha value is -0.730. The molecule has 1 N–H and O–H groups in total. The third-order valence-corrected chi connectivity index (χ3v) is 2.78. The first-order valence-corrected chi connectivity index (χ1v) is 5.60. The average Bonchev–Trinajstić information content (AvgIpc) is 2.64. The largest absolute Gasteiger partial charge is 0.457 e. The molecule has 0 bridgehead atoms. The average molecular weight is 264 g/mol. The molecule has 1 rings (SSSR count). The molecule has 0 aromatic heterocycles. The van der Waals surface area contributed by atoms with Crippen LogP contribution in [0.25, 0.3) is 0 Å². The lowest BCUT2D eigenvalue weighted by molar-refractivity contribution is -0.178. The van der Waals surface area contributed by atoms with Crippen LogP contribution in [0.2, 0.25) is 0 Å². The number of hydrogen-bond acceptors (Lipinski definition) is 7. The number of ether oxygens (including phenoxy) is 5. The van der Waals surface area contributed by atoms with Crippen molar-refractivity contribution >= 4 is 5.97 Å². The van der Waals surface area contributed by atoms with E-state index in [9.17, 15) is 9.90 Å². The van der Waals surface area contributed by atoms with Crippen molar-refractivity contribution in [2.24, 2.45) is 0 Å². The van der Waals surface area contributed by atoms with Crippen molar-refractivity contribution in [3.63, 3.8) is 0 Å². The van der Waals surface area contributed by atoms with E-state index in [0.717, 1.165) is 0 Å². The number of aliphatic hydroxyl groups is 1. The second-order valence-corrected chi connectivity index (χ2v) is 4.00. The predicted octanol–water partition coefficient (Wildman–Crippen LogP) is -0.688. The fourth-order valence-electron chi connectivity index (χ4n) is 2.06. The Morgan fingerprint density at radius 2 is 1.89 bits per heavy atom. The van der Waals surface area contributed by atoms with Gasteiger partial charge in [-0.15, -0.1) is 0 Å². The van der Waals surface area contributed by atoms with Gasteiger partial charge < -0.3 is 28.8 Å². The summed E-state index contributed by atoms with van der Waals surface area (Å²) in [6, 6.07) is 0. The van der Waals surface area contributed by atoms with Gasteiger partial charge in [-0.25, -0.2) is 0 Å². The van der Waals surface area contributed by atoms with E-state index in [2.05, 4.69) is 0 Å². The SMILES string of the molecule is COCC(OC(C)=O)C1OC(O)C(OC)C1OC. The third-order valence-electron chi connectivity index (χ3n) is 2.78. The lowest BCUT2D eigenvalue weighted by Crippen LogP contribution is -2.44. The lowest BCUT2D eigenvalue weighted by atomic mass is 10.1. The standard InChI is InChI=1S/C11H20O7/c1-6(12)17-7(5-14-2)8-9(15-3)10(16-4)11(13)18-8/h7-11,13H,5H2,1-4H3. The minimum atomic E-state index is -1.13. The highest BCUT2D eigenvalue weighted by Gasteiger charge is 2.49. The minimum Gasteiger partial charge on any atom is -0.457 e. The van der Waals surface area contributed by atoms with Gasteiger partial charge in [0.15, 0.2) is 12.4 Å². The molecule has 0 aromatic rings. The van der Waals surface area contributed by atoms with E-state index >= 15 is 0 Å². The van der Waals surface area contributed by atoms with E-state index < -0.39 is 36.7 Å². The molecule has 1 heterocycles. The number of aliphatic hydroxyl groups excluding tert-OH is 1. The first-order chi connectivity index (χ1) is 8.54. The summed E-state index contributed by atoms with van der Waals surface area (Å²) in [6.45, 7) is 1.44. The van der Waals surface area contributed by atoms with E-state index in [1.54, 1.807) is 0 Å². The van der Waals surface area contributed by atoms with Crippen LogP contribution in [0.15, 0.2) is 0 Å². The van der Waals surface area contributed by atoms with Crippen molar-refractivity contribution in [3.8, 4) is 0 Å². The van der Waals surface area contributed by atoms with Gasteiger partial charge in [-0.05, 0) is 0 Å². The van der Waals surface area contributed by atoms with Crippen LogP contribution in [0.4, 0.5) is 0 Å². The van der Waals surface area contributed by atoms with E-state index in [0.29, 0.717) is 0 Å². The van der Waals surface area contributed by atoms with Crippen molar-refractivity contribution in [1.29, 1.82) is 0 Å². The quantitative estimate of drug-likeness (QED) is 0.636. The van der Waals surface area contributed by atoms with Crippen molar-refractivity contribution in [3.05, 3.63) is 0 Å². The van der Waals surface area contributed by atoms with E-state index in [4.69, 9.17) is 23.7 Å². The molecule has 18 heavy (non-hydrogen) atoms. The maximum Gasteiger partial charge on any atom is 0.303 e. The van der Waals surface area contributed by atoms with Gasteiger partial charge in [0.25, 0.3) is 0 Å². The molecule has 1 saturated heterocycles. The first-order valence-electron chi connectivity index (χ1n) is 5.60. The highest BCUT2D eigenvalue weighted by molar-refractivity contribution is 5.66. The van der Waals surface area contributed by atoms with Crippen molar-refractivity contribution < 1.29 is 33.6 Å². The summed E-state index contributed by atoms with van der Waals surface area (Å²) < 4.78 is 25.8. The maximum absolute atomic E-state index is 11.0. The summed E-state index contributed by atoms with van der Waals surface area (Å²) in [5.74, 6) is -0.453. The Balaban J connectivity index is 2.79. The van der Waals surface area contributed by atoms with Crippen LogP contribution in [0.3, 0.4) is 0 Å². The van der Waals surface area contributed by atoms with E-state index in [-0.39, 0.29) is 6.61 Å². The number of carbonyl (C=O) groups is 1. The number of esters is 1. The smallest absolute Gasteiger partial charge is 0.303 e. The Bertz CT molecular complexity index is 270. The molecule has 1 aliphatic heterocycles. The Morgan fingerprint density at radius 1 is 1.28 bits per heavy atom. The molecule has 0 radical (unpaired) electrons. The molecular weight excluding hydrogens is 244 g/mol. The van der Waals surface area contributed by atoms with Gasteiger partial charge in [0, 0.05) is 28.3 Å². The number of rotatable bonds is 6. The summed E-state index contributed by atoms with van der Waals surface area (Å²) in [5, 5.41) is 9.70. The molecule has 7 nitrogen and oxygen atoms in total. The fraction of sp³-hybridized carbons (Fsp3) is 0.909. The van der Waals surface area contributed by atoms with Crippen LogP contribution < -0.4 is 0 Å². The van der Waals surface area contributed by atoms with Gasteiger partial charge in [-0.1, -0.05) is 0 Å². The van der Waals surface area contributed by atoms with Crippen LogP contribution in [0.5, 0.6) is 0 Å². The van der Waals surface area contributed by atoms with Crippen LogP contribution in [-0.2, 0) is 28.5 Å². The zero-order valence-corrected chi connectivity index (χ0v) is 11.0. The maximum atomic E-state index is 11.0. The Morgan fingerprint density at radius 3 is 2.33 bits per heavy atom. The molecule has 1 aliphatic rings. The summed E-state index contributed by atoms with van der Waals surface area (Å²) in [4.78, 5) is 11.0. The number of carbonyl (C=O) groups excluding carboxylic acids is 1. The van der Waals surface area contributed by atoms with Gasteiger partial charge in [-0.3, -0.25) is 4.79 Å². The molecule has 7 heteroatoms. The van der Waals surface area contributed by atoms with Gasteiger partial charge in [0.1, 0.15) is 18.3 Å². The second-order valence-electron chi connectivity index (χ2n) is 4.00. The first kappa shape index (κ1) is 15.3. The lowest BCUT2D eigenvalue weighted by Gasteiger charge is -2.26. The molecular formula is C11H20O7. The third kappa shape index (κ3) is 3.39. The van der Waals surface area contributed by atoms with Gasteiger partial charge in [0.05, 0.1) is 6.61 Å². The Labute approximate surface area is 106 Å². The predicted molar refractivity (Wildman–Crippen MR) is 59.9 cm³/mol. The van der Waals surface area contributed by atoms with Gasteiger partial charge >= 0.3 is 5.97 Å². The molecule has 1 fully saturated rings. The van der Waals surface area contributed by atoms with Crippen LogP contribution >= 0.6 is 0 Å². The van der Waals surface area contributed by atoms with Crippen molar-refractivity contribution in [1.82, 2.24) is 0 Å². The summed E-state index contributed by atoms with van der Waals surface area (Å²) in [7, 11) is 4.41. The molecule has 106 valence electrons. The molecule has 0 amide bonds. The minimum absolute atomic E-state index is 0.146. The molecule has 5 unspecified atom stereocenters. The Kier molecular flexibility index (Phi) is 5.97. The van der Waals surface area contributed by atoms with Crippen LogP contribution in [0, 0.1) is 0 Å².